The smallest absolute Gasteiger partial charge is 0.129 e. The number of hydrogen-bond donors (Lipinski definition) is 1. The van der Waals surface area contributed by atoms with Crippen molar-refractivity contribution in [2.75, 3.05) is 26.2 Å². The minimum Gasteiger partial charge on any atom is -0.396 e. The second kappa shape index (κ2) is 8.61. The molecule has 1 saturated carbocycles. The molecular weight excluding hydrogens is 327 g/mol. The molecule has 24 heavy (non-hydrogen) atoms. The number of aliphatic hydroxyl groups excluding tert-OH is 1. The Kier molecular flexibility index (Phi) is 6.50. The highest BCUT2D eigenvalue weighted by molar-refractivity contribution is 6.31. The Hall–Kier alpha value is -0.680. The van der Waals surface area contributed by atoms with E-state index in [1.807, 2.05) is 0 Å². The van der Waals surface area contributed by atoms with E-state index in [1.165, 1.54) is 38.2 Å². The molecule has 1 aliphatic heterocycles. The zero-order valence-electron chi connectivity index (χ0n) is 14.3. The van der Waals surface area contributed by atoms with E-state index in [1.54, 1.807) is 12.1 Å². The van der Waals surface area contributed by atoms with Crippen LogP contribution >= 0.6 is 11.6 Å². The van der Waals surface area contributed by atoms with Gasteiger partial charge in [-0.25, -0.2) is 4.39 Å². The largest absolute Gasteiger partial charge is 0.396 e. The summed E-state index contributed by atoms with van der Waals surface area (Å²) in [6.07, 6.45) is 7.34. The molecule has 0 amide bonds. The first-order chi connectivity index (χ1) is 11.7. The van der Waals surface area contributed by atoms with Gasteiger partial charge in [-0.1, -0.05) is 36.9 Å². The van der Waals surface area contributed by atoms with E-state index in [0.29, 0.717) is 29.2 Å². The number of benzene rings is 1. The van der Waals surface area contributed by atoms with Crippen LogP contribution in [0.5, 0.6) is 0 Å². The van der Waals surface area contributed by atoms with E-state index in [2.05, 4.69) is 9.80 Å². The maximum atomic E-state index is 14.1. The van der Waals surface area contributed by atoms with Crippen LogP contribution in [-0.2, 0) is 6.54 Å². The summed E-state index contributed by atoms with van der Waals surface area (Å²) in [7, 11) is 0. The first-order valence-electron chi connectivity index (χ1n) is 9.21. The van der Waals surface area contributed by atoms with Gasteiger partial charge in [0, 0.05) is 55.5 Å². The fraction of sp³-hybridized carbons (Fsp3) is 0.684. The fourth-order valence-corrected chi connectivity index (χ4v) is 4.51. The molecule has 1 atom stereocenters. The molecule has 0 spiro atoms. The van der Waals surface area contributed by atoms with Gasteiger partial charge in [-0.15, -0.1) is 0 Å². The summed E-state index contributed by atoms with van der Waals surface area (Å²) < 4.78 is 14.1. The van der Waals surface area contributed by atoms with Gasteiger partial charge in [-0.3, -0.25) is 9.80 Å². The Morgan fingerprint density at radius 3 is 2.67 bits per heavy atom. The van der Waals surface area contributed by atoms with Crippen LogP contribution < -0.4 is 0 Å². The Bertz CT molecular complexity index is 516. The van der Waals surface area contributed by atoms with E-state index in [9.17, 15) is 9.50 Å². The van der Waals surface area contributed by atoms with Crippen LogP contribution in [0.15, 0.2) is 18.2 Å². The maximum Gasteiger partial charge on any atom is 0.129 e. The first kappa shape index (κ1) is 18.1. The minimum atomic E-state index is -0.226. The molecule has 3 rings (SSSR count). The van der Waals surface area contributed by atoms with E-state index >= 15 is 0 Å². The van der Waals surface area contributed by atoms with Gasteiger partial charge in [0.05, 0.1) is 0 Å². The van der Waals surface area contributed by atoms with Crippen LogP contribution in [0.25, 0.3) is 0 Å². The third kappa shape index (κ3) is 4.29. The summed E-state index contributed by atoms with van der Waals surface area (Å²) in [5.41, 5.74) is 0.591. The zero-order valence-corrected chi connectivity index (χ0v) is 15.0. The summed E-state index contributed by atoms with van der Waals surface area (Å²) >= 11 is 6.18. The summed E-state index contributed by atoms with van der Waals surface area (Å²) in [6, 6.07) is 5.90. The summed E-state index contributed by atoms with van der Waals surface area (Å²) in [4.78, 5) is 4.89. The number of rotatable bonds is 5. The fourth-order valence-electron chi connectivity index (χ4n) is 4.28. The third-order valence-electron chi connectivity index (χ3n) is 5.56. The van der Waals surface area contributed by atoms with Crippen LogP contribution in [0.2, 0.25) is 5.02 Å². The number of halogens is 2. The van der Waals surface area contributed by atoms with Gasteiger partial charge in [-0.2, -0.15) is 0 Å². The Labute approximate surface area is 149 Å². The summed E-state index contributed by atoms with van der Waals surface area (Å²) in [5, 5.41) is 9.98. The number of nitrogens with zero attached hydrogens (tertiary/aromatic N) is 2. The number of piperazine rings is 1. The monoisotopic (exact) mass is 354 g/mol. The highest BCUT2D eigenvalue weighted by atomic mass is 35.5. The van der Waals surface area contributed by atoms with Crippen molar-refractivity contribution in [2.24, 2.45) is 0 Å². The molecule has 1 aromatic carbocycles. The second-order valence-corrected chi connectivity index (χ2v) is 7.54. The molecular formula is C19H28ClFN2O. The third-order valence-corrected chi connectivity index (χ3v) is 5.92. The summed E-state index contributed by atoms with van der Waals surface area (Å²) in [5.74, 6) is -0.226. The topological polar surface area (TPSA) is 26.7 Å². The molecule has 1 N–H and O–H groups in total. The molecule has 0 aromatic heterocycles. The van der Waals surface area contributed by atoms with Gasteiger partial charge in [-0.05, 0) is 31.4 Å². The van der Waals surface area contributed by atoms with Gasteiger partial charge >= 0.3 is 0 Å². The van der Waals surface area contributed by atoms with Crippen molar-refractivity contribution < 1.29 is 9.50 Å². The molecule has 0 radical (unpaired) electrons. The molecule has 1 aromatic rings. The Morgan fingerprint density at radius 1 is 1.17 bits per heavy atom. The van der Waals surface area contributed by atoms with E-state index in [4.69, 9.17) is 11.6 Å². The predicted octanol–water partition coefficient (Wildman–Crippen LogP) is 3.68. The first-order valence-corrected chi connectivity index (χ1v) is 9.58. The Morgan fingerprint density at radius 2 is 1.96 bits per heavy atom. The van der Waals surface area contributed by atoms with E-state index in [-0.39, 0.29) is 12.4 Å². The highest BCUT2D eigenvalue weighted by Crippen LogP contribution is 2.28. The van der Waals surface area contributed by atoms with Crippen molar-refractivity contribution in [3.63, 3.8) is 0 Å². The zero-order chi connectivity index (χ0) is 16.9. The van der Waals surface area contributed by atoms with E-state index < -0.39 is 0 Å². The highest BCUT2D eigenvalue weighted by Gasteiger charge is 2.32. The van der Waals surface area contributed by atoms with Crippen molar-refractivity contribution in [1.29, 1.82) is 0 Å². The van der Waals surface area contributed by atoms with Gasteiger partial charge in [0.25, 0.3) is 0 Å². The predicted molar refractivity (Wildman–Crippen MR) is 95.8 cm³/mol. The molecule has 1 aliphatic carbocycles. The molecule has 134 valence electrons. The quantitative estimate of drug-likeness (QED) is 0.873. The average Bonchev–Trinajstić information content (AvgIpc) is 2.60. The minimum absolute atomic E-state index is 0.210. The molecule has 0 bridgehead atoms. The number of aliphatic hydroxyl groups is 1. The molecule has 0 unspecified atom stereocenters. The maximum absolute atomic E-state index is 14.1. The second-order valence-electron chi connectivity index (χ2n) is 7.13. The molecule has 5 heteroatoms. The van der Waals surface area contributed by atoms with Crippen LogP contribution in [-0.4, -0.2) is 53.2 Å². The number of hydrogen-bond acceptors (Lipinski definition) is 3. The van der Waals surface area contributed by atoms with Gasteiger partial charge in [0.1, 0.15) is 5.82 Å². The van der Waals surface area contributed by atoms with Crippen LogP contribution in [0.1, 0.15) is 44.1 Å². The lowest BCUT2D eigenvalue weighted by Crippen LogP contribution is -2.56. The van der Waals surface area contributed by atoms with Crippen LogP contribution in [0, 0.1) is 5.82 Å². The lowest BCUT2D eigenvalue weighted by atomic mass is 9.91. The van der Waals surface area contributed by atoms with Crippen LogP contribution in [0.4, 0.5) is 4.39 Å². The summed E-state index contributed by atoms with van der Waals surface area (Å²) in [6.45, 7) is 3.57. The Balaban J connectivity index is 1.66. The standard InChI is InChI=1S/C19H28ClFN2O/c20-18-7-4-8-19(21)17(18)14-22-10-11-23(16(13-22)9-12-24)15-5-2-1-3-6-15/h4,7-8,15-16,24H,1-3,5-6,9-14H2/t16-/m1/s1. The normalized spacial score (nSPS) is 24.4. The molecule has 3 nitrogen and oxygen atoms in total. The van der Waals surface area contributed by atoms with Gasteiger partial charge < -0.3 is 5.11 Å². The molecule has 2 fully saturated rings. The SMILES string of the molecule is OCC[C@@H]1CN(Cc2c(F)cccc2Cl)CCN1C1CCCCC1. The van der Waals surface area contributed by atoms with Gasteiger partial charge in [0.2, 0.25) is 0 Å². The van der Waals surface area contributed by atoms with Crippen LogP contribution in [0.3, 0.4) is 0 Å². The molecule has 1 saturated heterocycles. The van der Waals surface area contributed by atoms with Gasteiger partial charge in [0.15, 0.2) is 0 Å². The lowest BCUT2D eigenvalue weighted by Gasteiger charge is -2.46. The molecule has 2 aliphatic rings. The van der Waals surface area contributed by atoms with Crippen molar-refractivity contribution in [1.82, 2.24) is 9.80 Å². The lowest BCUT2D eigenvalue weighted by molar-refractivity contribution is 0.0133. The van der Waals surface area contributed by atoms with Crippen molar-refractivity contribution in [3.8, 4) is 0 Å². The molecule has 1 heterocycles. The van der Waals surface area contributed by atoms with Crippen molar-refractivity contribution in [2.45, 2.75) is 57.2 Å². The average molecular weight is 355 g/mol. The van der Waals surface area contributed by atoms with Crippen molar-refractivity contribution >= 4 is 11.6 Å². The van der Waals surface area contributed by atoms with E-state index in [0.717, 1.165) is 26.1 Å². The van der Waals surface area contributed by atoms with Crippen molar-refractivity contribution in [3.05, 3.63) is 34.6 Å².